The Balaban J connectivity index is 2.59. The van der Waals surface area contributed by atoms with Crippen LogP contribution in [-0.2, 0) is 0 Å². The van der Waals surface area contributed by atoms with E-state index in [1.807, 2.05) is 42.6 Å². The lowest BCUT2D eigenvalue weighted by Gasteiger charge is -2.03. The summed E-state index contributed by atoms with van der Waals surface area (Å²) in [4.78, 5) is 1.11. The summed E-state index contributed by atoms with van der Waals surface area (Å²) in [6, 6.07) is 9.81. The molecule has 1 aromatic heterocycles. The summed E-state index contributed by atoms with van der Waals surface area (Å²) in [5, 5.41) is 11.8. The fourth-order valence-electron chi connectivity index (χ4n) is 1.29. The minimum atomic E-state index is 0.393. The van der Waals surface area contributed by atoms with Crippen molar-refractivity contribution in [2.75, 3.05) is 0 Å². The zero-order valence-electron chi connectivity index (χ0n) is 7.32. The van der Waals surface area contributed by atoms with E-state index in [2.05, 4.69) is 0 Å². The Bertz CT molecular complexity index is 404. The second-order valence-corrected chi connectivity index (χ2v) is 3.90. The lowest BCUT2D eigenvalue weighted by atomic mass is 10.1. The van der Waals surface area contributed by atoms with Crippen molar-refractivity contribution < 1.29 is 5.11 Å². The molecule has 0 saturated heterocycles. The summed E-state index contributed by atoms with van der Waals surface area (Å²) in [5.74, 6) is 0.393. The normalized spacial score (nSPS) is 10.2. The number of thiophene rings is 1. The highest BCUT2D eigenvalue weighted by Crippen LogP contribution is 2.34. The summed E-state index contributed by atoms with van der Waals surface area (Å²) in [6.07, 6.45) is 0. The van der Waals surface area contributed by atoms with Crippen molar-refractivity contribution in [3.63, 3.8) is 0 Å². The van der Waals surface area contributed by atoms with E-state index in [4.69, 9.17) is 0 Å². The van der Waals surface area contributed by atoms with Gasteiger partial charge < -0.3 is 5.11 Å². The van der Waals surface area contributed by atoms with Crippen LogP contribution < -0.4 is 0 Å². The van der Waals surface area contributed by atoms with Gasteiger partial charge in [0.05, 0.1) is 0 Å². The number of aromatic hydroxyl groups is 1. The van der Waals surface area contributed by atoms with Crippen LogP contribution in [0.2, 0.25) is 0 Å². The van der Waals surface area contributed by atoms with E-state index < -0.39 is 0 Å². The summed E-state index contributed by atoms with van der Waals surface area (Å²) >= 11 is 1.64. The molecule has 0 unspecified atom stereocenters. The maximum atomic E-state index is 9.78. The van der Waals surface area contributed by atoms with Crippen LogP contribution >= 0.6 is 11.3 Å². The molecule has 1 heterocycles. The van der Waals surface area contributed by atoms with Gasteiger partial charge in [0.15, 0.2) is 0 Å². The monoisotopic (exact) mass is 190 g/mol. The first kappa shape index (κ1) is 8.32. The fraction of sp³-hybridized carbons (Fsp3) is 0.0909. The average Bonchev–Trinajstić information content (AvgIpc) is 2.62. The van der Waals surface area contributed by atoms with E-state index in [1.165, 1.54) is 0 Å². The van der Waals surface area contributed by atoms with Gasteiger partial charge in [-0.05, 0) is 30.0 Å². The van der Waals surface area contributed by atoms with Crippen molar-refractivity contribution >= 4 is 11.3 Å². The number of hydrogen-bond acceptors (Lipinski definition) is 2. The van der Waals surface area contributed by atoms with Gasteiger partial charge in [-0.2, -0.15) is 0 Å². The Labute approximate surface area is 81.3 Å². The Morgan fingerprint density at radius 2 is 2.00 bits per heavy atom. The first-order valence-electron chi connectivity index (χ1n) is 4.11. The molecule has 2 heteroatoms. The van der Waals surface area contributed by atoms with Gasteiger partial charge in [0.2, 0.25) is 0 Å². The van der Waals surface area contributed by atoms with Gasteiger partial charge in [0.25, 0.3) is 0 Å². The SMILES string of the molecule is Cc1cccc(-c2cccs2)c1O. The van der Waals surface area contributed by atoms with Gasteiger partial charge in [0.1, 0.15) is 5.75 Å². The third-order valence-electron chi connectivity index (χ3n) is 2.02. The molecule has 13 heavy (non-hydrogen) atoms. The van der Waals surface area contributed by atoms with E-state index >= 15 is 0 Å². The second-order valence-electron chi connectivity index (χ2n) is 2.95. The molecule has 2 aromatic rings. The molecule has 0 aliphatic carbocycles. The molecule has 0 saturated carbocycles. The molecule has 2 rings (SSSR count). The minimum Gasteiger partial charge on any atom is -0.507 e. The van der Waals surface area contributed by atoms with Crippen LogP contribution in [-0.4, -0.2) is 5.11 Å². The molecule has 1 N–H and O–H groups in total. The zero-order chi connectivity index (χ0) is 9.26. The first-order valence-corrected chi connectivity index (χ1v) is 4.99. The average molecular weight is 190 g/mol. The van der Waals surface area contributed by atoms with E-state index in [0.717, 1.165) is 16.0 Å². The maximum absolute atomic E-state index is 9.78. The third-order valence-corrected chi connectivity index (χ3v) is 2.93. The third kappa shape index (κ3) is 1.45. The van der Waals surface area contributed by atoms with Crippen LogP contribution in [0, 0.1) is 6.92 Å². The summed E-state index contributed by atoms with van der Waals surface area (Å²) in [6.45, 7) is 1.91. The van der Waals surface area contributed by atoms with E-state index in [9.17, 15) is 5.11 Å². The standard InChI is InChI=1S/C11H10OS/c1-8-4-2-5-9(11(8)12)10-6-3-7-13-10/h2-7,12H,1H3. The molecule has 0 aliphatic rings. The highest BCUT2D eigenvalue weighted by atomic mass is 32.1. The Hall–Kier alpha value is -1.28. The van der Waals surface area contributed by atoms with Gasteiger partial charge >= 0.3 is 0 Å². The molecule has 0 aliphatic heterocycles. The lowest BCUT2D eigenvalue weighted by Crippen LogP contribution is -1.78. The second kappa shape index (κ2) is 3.23. The van der Waals surface area contributed by atoms with Crippen LogP contribution in [0.15, 0.2) is 35.7 Å². The van der Waals surface area contributed by atoms with Gasteiger partial charge in [-0.3, -0.25) is 0 Å². The summed E-state index contributed by atoms with van der Waals surface area (Å²) in [5.41, 5.74) is 1.85. The van der Waals surface area contributed by atoms with Crippen LogP contribution in [0.3, 0.4) is 0 Å². The summed E-state index contributed by atoms with van der Waals surface area (Å²) in [7, 11) is 0. The number of aryl methyl sites for hydroxylation is 1. The van der Waals surface area contributed by atoms with E-state index in [-0.39, 0.29) is 0 Å². The highest BCUT2D eigenvalue weighted by Gasteiger charge is 2.05. The molecular weight excluding hydrogens is 180 g/mol. The number of rotatable bonds is 1. The minimum absolute atomic E-state index is 0.393. The Kier molecular flexibility index (Phi) is 2.07. The topological polar surface area (TPSA) is 20.2 Å². The predicted octanol–water partition coefficient (Wildman–Crippen LogP) is 3.43. The molecule has 0 atom stereocenters. The van der Waals surface area contributed by atoms with Crippen molar-refractivity contribution in [3.05, 3.63) is 41.3 Å². The molecular formula is C11H10OS. The smallest absolute Gasteiger partial charge is 0.127 e. The Morgan fingerprint density at radius 1 is 1.15 bits per heavy atom. The van der Waals surface area contributed by atoms with Crippen LogP contribution in [0.5, 0.6) is 5.75 Å². The van der Waals surface area contributed by atoms with Crippen LogP contribution in [0.4, 0.5) is 0 Å². The van der Waals surface area contributed by atoms with Crippen molar-refractivity contribution in [2.24, 2.45) is 0 Å². The van der Waals surface area contributed by atoms with Crippen molar-refractivity contribution in [1.29, 1.82) is 0 Å². The van der Waals surface area contributed by atoms with Gasteiger partial charge in [-0.1, -0.05) is 18.2 Å². The van der Waals surface area contributed by atoms with Crippen LogP contribution in [0.1, 0.15) is 5.56 Å². The molecule has 0 bridgehead atoms. The van der Waals surface area contributed by atoms with Crippen molar-refractivity contribution in [3.8, 4) is 16.2 Å². The summed E-state index contributed by atoms with van der Waals surface area (Å²) < 4.78 is 0. The largest absolute Gasteiger partial charge is 0.507 e. The highest BCUT2D eigenvalue weighted by molar-refractivity contribution is 7.13. The number of phenolic OH excluding ortho intramolecular Hbond substituents is 1. The van der Waals surface area contributed by atoms with Gasteiger partial charge in [0, 0.05) is 10.4 Å². The predicted molar refractivity (Wildman–Crippen MR) is 56.2 cm³/mol. The first-order chi connectivity index (χ1) is 6.29. The van der Waals surface area contributed by atoms with E-state index in [0.29, 0.717) is 5.75 Å². The quantitative estimate of drug-likeness (QED) is 0.730. The lowest BCUT2D eigenvalue weighted by molar-refractivity contribution is 0.473. The van der Waals surface area contributed by atoms with Crippen LogP contribution in [0.25, 0.3) is 10.4 Å². The number of para-hydroxylation sites is 1. The Morgan fingerprint density at radius 3 is 2.69 bits per heavy atom. The van der Waals surface area contributed by atoms with Crippen molar-refractivity contribution in [2.45, 2.75) is 6.92 Å². The maximum Gasteiger partial charge on any atom is 0.127 e. The molecule has 0 amide bonds. The van der Waals surface area contributed by atoms with Gasteiger partial charge in [-0.25, -0.2) is 0 Å². The number of benzene rings is 1. The molecule has 0 radical (unpaired) electrons. The van der Waals surface area contributed by atoms with E-state index in [1.54, 1.807) is 11.3 Å². The number of hydrogen-bond donors (Lipinski definition) is 1. The van der Waals surface area contributed by atoms with Gasteiger partial charge in [-0.15, -0.1) is 11.3 Å². The van der Waals surface area contributed by atoms with Crippen molar-refractivity contribution in [1.82, 2.24) is 0 Å². The fourth-order valence-corrected chi connectivity index (χ4v) is 2.04. The number of phenols is 1. The molecule has 66 valence electrons. The molecule has 1 nitrogen and oxygen atoms in total. The molecule has 0 spiro atoms. The molecule has 1 aromatic carbocycles. The molecule has 0 fully saturated rings. The zero-order valence-corrected chi connectivity index (χ0v) is 8.14.